The van der Waals surface area contributed by atoms with E-state index in [9.17, 15) is 0 Å². The lowest BCUT2D eigenvalue weighted by Crippen LogP contribution is -1.85. The van der Waals surface area contributed by atoms with Crippen molar-refractivity contribution in [3.8, 4) is 11.1 Å². The third kappa shape index (κ3) is 2.38. The smallest absolute Gasteiger partial charge is 0.143 e. The average Bonchev–Trinajstić information content (AvgIpc) is 3.34. The van der Waals surface area contributed by atoms with E-state index in [0.717, 1.165) is 21.5 Å². The Morgan fingerprint density at radius 3 is 2.10 bits per heavy atom. The summed E-state index contributed by atoms with van der Waals surface area (Å²) in [5, 5.41) is 3.53. The van der Waals surface area contributed by atoms with Gasteiger partial charge >= 0.3 is 0 Å². The molecule has 1 nitrogen and oxygen atoms in total. The Hall–Kier alpha value is -4.10. The molecule has 1 heteroatoms. The fourth-order valence-electron chi connectivity index (χ4n) is 4.39. The highest BCUT2D eigenvalue weighted by Gasteiger charge is 2.14. The molecule has 0 spiro atoms. The summed E-state index contributed by atoms with van der Waals surface area (Å²) in [6.07, 6.45) is 0. The lowest BCUT2D eigenvalue weighted by atomic mass is 9.91. The van der Waals surface area contributed by atoms with E-state index in [1.807, 2.05) is 42.5 Å². The fraction of sp³-hybridized carbons (Fsp3) is 0. The Morgan fingerprint density at radius 1 is 0.581 bits per heavy atom. The van der Waals surface area contributed by atoms with E-state index in [2.05, 4.69) is 0 Å². The zero-order chi connectivity index (χ0) is 28.2. The van der Waals surface area contributed by atoms with Crippen LogP contribution in [0.5, 0.6) is 0 Å². The van der Waals surface area contributed by atoms with Crippen LogP contribution in [0.1, 0.15) is 12.3 Å². The second-order valence-electron chi connectivity index (χ2n) is 7.48. The van der Waals surface area contributed by atoms with E-state index in [1.165, 1.54) is 0 Å². The highest BCUT2D eigenvalue weighted by molar-refractivity contribution is 6.17. The molecule has 0 saturated carbocycles. The van der Waals surface area contributed by atoms with Crippen LogP contribution in [0.3, 0.4) is 0 Å². The maximum atomic E-state index is 8.87. The monoisotopic (exact) mass is 403 g/mol. The highest BCUT2D eigenvalue weighted by atomic mass is 16.3. The summed E-state index contributed by atoms with van der Waals surface area (Å²) in [5.74, 6) is 0. The first kappa shape index (κ1) is 10.3. The summed E-state index contributed by atoms with van der Waals surface area (Å²) in [6.45, 7) is 0. The van der Waals surface area contributed by atoms with Crippen LogP contribution in [0.4, 0.5) is 0 Å². The molecular weight excluding hydrogens is 376 g/mol. The Labute approximate surface area is 191 Å². The summed E-state index contributed by atoms with van der Waals surface area (Å²) < 4.78 is 83.0. The highest BCUT2D eigenvalue weighted by Crippen LogP contribution is 2.40. The van der Waals surface area contributed by atoms with Gasteiger partial charge in [0.05, 0.1) is 12.3 Å². The van der Waals surface area contributed by atoms with Gasteiger partial charge in [0.15, 0.2) is 0 Å². The number of benzene rings is 6. The number of fused-ring (bicyclic) bond motifs is 7. The maximum Gasteiger partial charge on any atom is 0.143 e. The van der Waals surface area contributed by atoms with Crippen LogP contribution < -0.4 is 0 Å². The van der Waals surface area contributed by atoms with Crippen molar-refractivity contribution in [1.82, 2.24) is 0 Å². The van der Waals surface area contributed by atoms with E-state index >= 15 is 0 Å². The molecule has 0 aliphatic rings. The van der Waals surface area contributed by atoms with Gasteiger partial charge in [-0.25, -0.2) is 0 Å². The van der Waals surface area contributed by atoms with Crippen molar-refractivity contribution >= 4 is 54.3 Å². The Bertz CT molecular complexity index is 2190. The first-order chi connectivity index (χ1) is 19.1. The van der Waals surface area contributed by atoms with Gasteiger partial charge in [0.2, 0.25) is 0 Å². The molecular formula is C30H18O. The first-order valence-electron chi connectivity index (χ1n) is 14.4. The zero-order valence-corrected chi connectivity index (χ0v) is 16.1. The van der Waals surface area contributed by atoms with Crippen molar-refractivity contribution in [1.29, 1.82) is 0 Å². The molecule has 0 bridgehead atoms. The van der Waals surface area contributed by atoms with Crippen LogP contribution in [0.15, 0.2) is 113 Å². The van der Waals surface area contributed by atoms with Crippen LogP contribution in [0.25, 0.3) is 65.4 Å². The Balaban J connectivity index is 1.71. The summed E-state index contributed by atoms with van der Waals surface area (Å²) in [5.41, 5.74) is 1.86. The molecule has 6 aromatic carbocycles. The van der Waals surface area contributed by atoms with E-state index in [0.29, 0.717) is 16.7 Å². The van der Waals surface area contributed by atoms with Gasteiger partial charge in [0, 0.05) is 16.2 Å². The third-order valence-electron chi connectivity index (χ3n) is 5.78. The zero-order valence-electron chi connectivity index (χ0n) is 25.1. The van der Waals surface area contributed by atoms with Crippen molar-refractivity contribution < 1.29 is 16.8 Å². The lowest BCUT2D eigenvalue weighted by molar-refractivity contribution is 0.673. The van der Waals surface area contributed by atoms with E-state index in [1.54, 1.807) is 12.1 Å². The van der Waals surface area contributed by atoms with Gasteiger partial charge < -0.3 is 4.42 Å². The molecule has 144 valence electrons. The van der Waals surface area contributed by atoms with E-state index < -0.39 is 36.3 Å². The summed E-state index contributed by atoms with van der Waals surface area (Å²) >= 11 is 0. The molecule has 1 heterocycles. The number of hydrogen-bond donors (Lipinski definition) is 0. The van der Waals surface area contributed by atoms with Crippen molar-refractivity contribution in [2.45, 2.75) is 0 Å². The molecule has 0 N–H and O–H groups in total. The summed E-state index contributed by atoms with van der Waals surface area (Å²) in [4.78, 5) is 0. The molecule has 0 saturated heterocycles. The van der Waals surface area contributed by atoms with Crippen LogP contribution in [0.2, 0.25) is 0 Å². The SMILES string of the molecule is [2H]c1c([2H])c([2H])c2c(-c3ccc4c(c3)oc3c5ccccc5ccc43)c3c([2H])c([2H])c([2H])c([2H])c3c([2H])c2c1[2H]. The number of hydrogen-bond acceptors (Lipinski definition) is 1. The van der Waals surface area contributed by atoms with Crippen LogP contribution in [0, 0.1) is 0 Å². The molecule has 0 amide bonds. The van der Waals surface area contributed by atoms with E-state index in [-0.39, 0.29) is 45.2 Å². The minimum Gasteiger partial charge on any atom is -0.455 e. The standard InChI is InChI=1S/C30H18O/c1-6-12-25-19(7-1)13-16-27-26-15-14-22(18-28(26)31-30(25)27)29-23-10-4-2-8-20(23)17-21-9-3-5-11-24(21)29/h1-18H/i2D,3D,4D,5D,8D,9D,10D,11D,17D. The maximum absolute atomic E-state index is 8.87. The molecule has 0 fully saturated rings. The fourth-order valence-corrected chi connectivity index (χ4v) is 4.39. The Kier molecular flexibility index (Phi) is 2.06. The lowest BCUT2D eigenvalue weighted by Gasteiger charge is -2.12. The normalized spacial score (nSPS) is 15.9. The largest absolute Gasteiger partial charge is 0.455 e. The molecule has 0 aliphatic carbocycles. The van der Waals surface area contributed by atoms with E-state index in [4.69, 9.17) is 16.8 Å². The van der Waals surface area contributed by atoms with Gasteiger partial charge in [-0.2, -0.15) is 0 Å². The topological polar surface area (TPSA) is 13.1 Å². The second-order valence-corrected chi connectivity index (χ2v) is 7.48. The molecule has 7 aromatic rings. The van der Waals surface area contributed by atoms with Crippen LogP contribution >= 0.6 is 0 Å². The van der Waals surface area contributed by atoms with Gasteiger partial charge in [-0.15, -0.1) is 0 Å². The minimum absolute atomic E-state index is 0.0226. The average molecular weight is 404 g/mol. The van der Waals surface area contributed by atoms with Crippen molar-refractivity contribution in [3.63, 3.8) is 0 Å². The predicted molar refractivity (Wildman–Crippen MR) is 132 cm³/mol. The molecule has 31 heavy (non-hydrogen) atoms. The molecule has 0 radical (unpaired) electrons. The molecule has 0 aliphatic heterocycles. The molecule has 7 rings (SSSR count). The van der Waals surface area contributed by atoms with Crippen molar-refractivity contribution in [2.24, 2.45) is 0 Å². The predicted octanol–water partition coefficient (Wildman–Crippen LogP) is 8.71. The van der Waals surface area contributed by atoms with Gasteiger partial charge in [0.1, 0.15) is 11.2 Å². The van der Waals surface area contributed by atoms with Crippen LogP contribution in [-0.4, -0.2) is 0 Å². The first-order valence-corrected chi connectivity index (χ1v) is 9.88. The molecule has 0 unspecified atom stereocenters. The third-order valence-corrected chi connectivity index (χ3v) is 5.78. The quantitative estimate of drug-likeness (QED) is 0.250. The van der Waals surface area contributed by atoms with Gasteiger partial charge in [0.25, 0.3) is 0 Å². The minimum atomic E-state index is -0.517. The summed E-state index contributed by atoms with van der Waals surface area (Å²) in [6, 6.07) is 13.1. The second kappa shape index (κ2) is 6.20. The van der Waals surface area contributed by atoms with Crippen LogP contribution in [-0.2, 0) is 0 Å². The van der Waals surface area contributed by atoms with Crippen molar-refractivity contribution in [3.05, 3.63) is 109 Å². The Morgan fingerprint density at radius 2 is 1.29 bits per heavy atom. The summed E-state index contributed by atoms with van der Waals surface area (Å²) in [7, 11) is 0. The van der Waals surface area contributed by atoms with Crippen molar-refractivity contribution in [2.75, 3.05) is 0 Å². The number of rotatable bonds is 1. The van der Waals surface area contributed by atoms with Gasteiger partial charge in [-0.3, -0.25) is 0 Å². The number of furan rings is 1. The van der Waals surface area contributed by atoms with Gasteiger partial charge in [-0.1, -0.05) is 84.7 Å². The molecule has 1 aromatic heterocycles. The molecule has 0 atom stereocenters. The van der Waals surface area contributed by atoms with Gasteiger partial charge in [-0.05, 0) is 62.3 Å².